The Hall–Kier alpha value is -1.79. The average molecular weight is 259 g/mol. The van der Waals surface area contributed by atoms with E-state index in [-0.39, 0.29) is 12.5 Å². The molecule has 0 aliphatic rings. The molecule has 3 amide bonds. The van der Waals surface area contributed by atoms with E-state index in [4.69, 9.17) is 5.11 Å². The molecular weight excluding hydrogens is 238 g/mol. The summed E-state index contributed by atoms with van der Waals surface area (Å²) in [5, 5.41) is 13.8. The molecule has 1 atom stereocenters. The van der Waals surface area contributed by atoms with Gasteiger partial charge in [-0.3, -0.25) is 4.79 Å². The van der Waals surface area contributed by atoms with Gasteiger partial charge in [-0.15, -0.1) is 0 Å². The number of carbonyl (C=O) groups is 3. The minimum atomic E-state index is -1.32. The highest BCUT2D eigenvalue weighted by atomic mass is 16.4. The van der Waals surface area contributed by atoms with Gasteiger partial charge in [-0.1, -0.05) is 13.3 Å². The zero-order chi connectivity index (χ0) is 14.3. The van der Waals surface area contributed by atoms with Gasteiger partial charge >= 0.3 is 12.0 Å². The molecule has 0 rings (SSSR count). The second-order valence-electron chi connectivity index (χ2n) is 4.48. The maximum Gasteiger partial charge on any atom is 0.329 e. The highest BCUT2D eigenvalue weighted by molar-refractivity contribution is 5.88. The van der Waals surface area contributed by atoms with Gasteiger partial charge in [0.05, 0.1) is 6.54 Å². The molecule has 7 nitrogen and oxygen atoms in total. The molecule has 0 aromatic heterocycles. The molecule has 0 aromatic rings. The van der Waals surface area contributed by atoms with Gasteiger partial charge in [0, 0.05) is 14.1 Å². The van der Waals surface area contributed by atoms with Crippen LogP contribution in [0.25, 0.3) is 0 Å². The lowest BCUT2D eigenvalue weighted by Gasteiger charge is -2.25. The number of carboxylic acids is 1. The van der Waals surface area contributed by atoms with Crippen LogP contribution in [-0.2, 0) is 9.59 Å². The fourth-order valence-corrected chi connectivity index (χ4v) is 1.33. The number of hydrogen-bond donors (Lipinski definition) is 3. The van der Waals surface area contributed by atoms with Crippen LogP contribution in [0.4, 0.5) is 4.79 Å². The lowest BCUT2D eigenvalue weighted by Crippen LogP contribution is -2.56. The van der Waals surface area contributed by atoms with E-state index in [1.165, 1.54) is 11.8 Å². The molecule has 0 bridgehead atoms. The summed E-state index contributed by atoms with van der Waals surface area (Å²) in [5.74, 6) is -1.36. The third kappa shape index (κ3) is 5.03. The Labute approximate surface area is 107 Å². The van der Waals surface area contributed by atoms with Crippen molar-refractivity contribution in [1.29, 1.82) is 0 Å². The van der Waals surface area contributed by atoms with Crippen LogP contribution in [0.3, 0.4) is 0 Å². The standard InChI is InChI=1S/C11H21N3O4/c1-5-6-11(2,9(16)17)13-10(18)12-7-8(15)14(3)4/h5-7H2,1-4H3,(H,16,17)(H2,12,13,18). The van der Waals surface area contributed by atoms with Crippen LogP contribution in [-0.4, -0.2) is 54.1 Å². The number of likely N-dealkylation sites (N-methyl/N-ethyl adjacent to an activating group) is 1. The topological polar surface area (TPSA) is 98.7 Å². The van der Waals surface area contributed by atoms with Crippen molar-refractivity contribution >= 4 is 17.9 Å². The summed E-state index contributed by atoms with van der Waals surface area (Å²) in [7, 11) is 3.14. The molecule has 0 radical (unpaired) electrons. The fourth-order valence-electron chi connectivity index (χ4n) is 1.33. The Bertz CT molecular complexity index is 330. The monoisotopic (exact) mass is 259 g/mol. The lowest BCUT2D eigenvalue weighted by molar-refractivity contribution is -0.144. The Morgan fingerprint density at radius 3 is 2.22 bits per heavy atom. The maximum absolute atomic E-state index is 11.5. The fraction of sp³-hybridized carbons (Fsp3) is 0.727. The first kappa shape index (κ1) is 16.2. The zero-order valence-corrected chi connectivity index (χ0v) is 11.2. The number of amides is 3. The molecule has 0 fully saturated rings. The van der Waals surface area contributed by atoms with Crippen LogP contribution in [0.5, 0.6) is 0 Å². The van der Waals surface area contributed by atoms with E-state index >= 15 is 0 Å². The van der Waals surface area contributed by atoms with Gasteiger partial charge in [0.2, 0.25) is 5.91 Å². The van der Waals surface area contributed by atoms with Crippen LogP contribution in [0.1, 0.15) is 26.7 Å². The largest absolute Gasteiger partial charge is 0.480 e. The van der Waals surface area contributed by atoms with Crippen molar-refractivity contribution < 1.29 is 19.5 Å². The molecule has 7 heteroatoms. The highest BCUT2D eigenvalue weighted by Crippen LogP contribution is 2.12. The first-order valence-corrected chi connectivity index (χ1v) is 5.72. The lowest BCUT2D eigenvalue weighted by atomic mass is 9.97. The van der Waals surface area contributed by atoms with Crippen LogP contribution in [0.15, 0.2) is 0 Å². The maximum atomic E-state index is 11.5. The summed E-state index contributed by atoms with van der Waals surface area (Å²) in [5.41, 5.74) is -1.32. The molecule has 18 heavy (non-hydrogen) atoms. The number of carbonyl (C=O) groups excluding carboxylic acids is 2. The molecule has 104 valence electrons. The van der Waals surface area contributed by atoms with Crippen molar-refractivity contribution in [3.8, 4) is 0 Å². The Morgan fingerprint density at radius 1 is 1.28 bits per heavy atom. The van der Waals surface area contributed by atoms with Crippen LogP contribution < -0.4 is 10.6 Å². The number of carboxylic acid groups (broad SMARTS) is 1. The quantitative estimate of drug-likeness (QED) is 0.626. The van der Waals surface area contributed by atoms with Gasteiger partial charge in [0.1, 0.15) is 5.54 Å². The summed E-state index contributed by atoms with van der Waals surface area (Å²) in [4.78, 5) is 35.2. The summed E-state index contributed by atoms with van der Waals surface area (Å²) in [6.07, 6.45) is 0.942. The summed E-state index contributed by atoms with van der Waals surface area (Å²) >= 11 is 0. The van der Waals surface area contributed by atoms with Gasteiger partial charge in [-0.25, -0.2) is 9.59 Å². The molecule has 0 aromatic carbocycles. The first-order chi connectivity index (χ1) is 8.23. The smallest absolute Gasteiger partial charge is 0.329 e. The van der Waals surface area contributed by atoms with E-state index in [0.29, 0.717) is 12.8 Å². The van der Waals surface area contributed by atoms with Crippen LogP contribution >= 0.6 is 0 Å². The predicted molar refractivity (Wildman–Crippen MR) is 66.2 cm³/mol. The third-order valence-corrected chi connectivity index (χ3v) is 2.51. The van der Waals surface area contributed by atoms with E-state index in [9.17, 15) is 14.4 Å². The number of urea groups is 1. The molecular formula is C11H21N3O4. The van der Waals surface area contributed by atoms with E-state index < -0.39 is 17.5 Å². The van der Waals surface area contributed by atoms with E-state index in [2.05, 4.69) is 10.6 Å². The molecule has 0 aliphatic carbocycles. The molecule has 0 aliphatic heterocycles. The predicted octanol–water partition coefficient (Wildman–Crippen LogP) is 0.0172. The zero-order valence-electron chi connectivity index (χ0n) is 11.2. The SMILES string of the molecule is CCCC(C)(NC(=O)NCC(=O)N(C)C)C(=O)O. The number of nitrogens with one attached hydrogen (secondary N) is 2. The van der Waals surface area contributed by atoms with Gasteiger partial charge in [-0.2, -0.15) is 0 Å². The van der Waals surface area contributed by atoms with Gasteiger partial charge in [0.25, 0.3) is 0 Å². The number of rotatable bonds is 6. The molecule has 0 saturated heterocycles. The first-order valence-electron chi connectivity index (χ1n) is 5.72. The highest BCUT2D eigenvalue weighted by Gasteiger charge is 2.33. The Kier molecular flexibility index (Phi) is 6.15. The number of nitrogens with zero attached hydrogens (tertiary/aromatic N) is 1. The summed E-state index contributed by atoms with van der Waals surface area (Å²) in [6, 6.07) is -0.663. The molecule has 0 heterocycles. The molecule has 0 saturated carbocycles. The van der Waals surface area contributed by atoms with Gasteiger partial charge in [0.15, 0.2) is 0 Å². The van der Waals surface area contributed by atoms with Crippen LogP contribution in [0, 0.1) is 0 Å². The average Bonchev–Trinajstić information content (AvgIpc) is 2.25. The van der Waals surface area contributed by atoms with Crippen molar-refractivity contribution in [2.75, 3.05) is 20.6 Å². The third-order valence-electron chi connectivity index (χ3n) is 2.51. The normalized spacial score (nSPS) is 13.3. The Balaban J connectivity index is 4.36. The van der Waals surface area contributed by atoms with Gasteiger partial charge in [-0.05, 0) is 13.3 Å². The molecule has 3 N–H and O–H groups in total. The molecule has 0 spiro atoms. The van der Waals surface area contributed by atoms with Crippen molar-refractivity contribution in [3.63, 3.8) is 0 Å². The number of aliphatic carboxylic acids is 1. The van der Waals surface area contributed by atoms with E-state index in [1.807, 2.05) is 6.92 Å². The van der Waals surface area contributed by atoms with Crippen LogP contribution in [0.2, 0.25) is 0 Å². The Morgan fingerprint density at radius 2 is 1.83 bits per heavy atom. The molecule has 1 unspecified atom stereocenters. The van der Waals surface area contributed by atoms with E-state index in [1.54, 1.807) is 14.1 Å². The second kappa shape index (κ2) is 6.83. The van der Waals surface area contributed by atoms with E-state index in [0.717, 1.165) is 0 Å². The summed E-state index contributed by atoms with van der Waals surface area (Å²) in [6.45, 7) is 3.10. The summed E-state index contributed by atoms with van der Waals surface area (Å²) < 4.78 is 0. The van der Waals surface area contributed by atoms with Crippen molar-refractivity contribution in [2.24, 2.45) is 0 Å². The van der Waals surface area contributed by atoms with Gasteiger partial charge < -0.3 is 20.6 Å². The number of hydrogen-bond acceptors (Lipinski definition) is 3. The minimum absolute atomic E-state index is 0.166. The van der Waals surface area contributed by atoms with Crippen molar-refractivity contribution in [2.45, 2.75) is 32.2 Å². The second-order valence-corrected chi connectivity index (χ2v) is 4.48. The van der Waals surface area contributed by atoms with Crippen molar-refractivity contribution in [3.05, 3.63) is 0 Å². The minimum Gasteiger partial charge on any atom is -0.480 e. The van der Waals surface area contributed by atoms with Crippen molar-refractivity contribution in [1.82, 2.24) is 15.5 Å².